The van der Waals surface area contributed by atoms with Crippen molar-refractivity contribution in [3.8, 4) is 5.75 Å². The zero-order valence-electron chi connectivity index (χ0n) is 14.2. The molecular weight excluding hydrogens is 260 g/mol. The summed E-state index contributed by atoms with van der Waals surface area (Å²) in [6.45, 7) is 7.56. The number of ether oxygens (including phenoxy) is 1. The Bertz CT molecular complexity index is 381. The minimum Gasteiger partial charge on any atom is -0.496 e. The summed E-state index contributed by atoms with van der Waals surface area (Å²) in [5, 5.41) is 3.61. The Labute approximate surface area is 130 Å². The highest BCUT2D eigenvalue weighted by Crippen LogP contribution is 2.18. The molecule has 0 aromatic heterocycles. The lowest BCUT2D eigenvalue weighted by Crippen LogP contribution is -2.34. The molecule has 1 unspecified atom stereocenters. The molecule has 0 heterocycles. The number of rotatable bonds is 11. The lowest BCUT2D eigenvalue weighted by Gasteiger charge is -2.20. The summed E-state index contributed by atoms with van der Waals surface area (Å²) in [5.74, 6) is 0.977. The first-order valence-corrected chi connectivity index (χ1v) is 8.21. The van der Waals surface area contributed by atoms with Gasteiger partial charge in [-0.2, -0.15) is 0 Å². The number of hydrogen-bond donors (Lipinski definition) is 1. The number of methoxy groups -OCH3 is 1. The van der Waals surface area contributed by atoms with E-state index in [1.54, 1.807) is 7.11 Å². The molecule has 0 bridgehead atoms. The van der Waals surface area contributed by atoms with Crippen LogP contribution in [0.2, 0.25) is 0 Å². The maximum Gasteiger partial charge on any atom is 0.123 e. The Kier molecular flexibility index (Phi) is 9.11. The summed E-state index contributed by atoms with van der Waals surface area (Å²) in [6.07, 6.45) is 5.26. The molecule has 0 saturated carbocycles. The molecule has 3 heteroatoms. The molecule has 3 nitrogen and oxygen atoms in total. The molecule has 0 fully saturated rings. The number of hydrogen-bond acceptors (Lipinski definition) is 3. The molecule has 1 aromatic carbocycles. The number of unbranched alkanes of at least 4 members (excludes halogenated alkanes) is 2. The smallest absolute Gasteiger partial charge is 0.123 e. The molecule has 0 aliphatic rings. The van der Waals surface area contributed by atoms with E-state index in [4.69, 9.17) is 4.74 Å². The van der Waals surface area contributed by atoms with Gasteiger partial charge in [0.15, 0.2) is 0 Å². The largest absolute Gasteiger partial charge is 0.496 e. The van der Waals surface area contributed by atoms with Crippen molar-refractivity contribution in [2.45, 2.75) is 52.1 Å². The Morgan fingerprint density at radius 3 is 2.71 bits per heavy atom. The topological polar surface area (TPSA) is 24.5 Å². The van der Waals surface area contributed by atoms with Crippen LogP contribution in [0.3, 0.4) is 0 Å². The first kappa shape index (κ1) is 18.0. The predicted molar refractivity (Wildman–Crippen MR) is 90.9 cm³/mol. The van der Waals surface area contributed by atoms with Crippen molar-refractivity contribution in [3.05, 3.63) is 29.8 Å². The monoisotopic (exact) mass is 292 g/mol. The normalized spacial score (nSPS) is 12.6. The van der Waals surface area contributed by atoms with Gasteiger partial charge in [-0.15, -0.1) is 0 Å². The van der Waals surface area contributed by atoms with Crippen molar-refractivity contribution in [2.24, 2.45) is 0 Å². The SMILES string of the molecule is CCCCCC(C)NCCN(C)Cc1ccccc1OC. The molecule has 120 valence electrons. The second-order valence-electron chi connectivity index (χ2n) is 5.90. The van der Waals surface area contributed by atoms with E-state index in [2.05, 4.69) is 43.2 Å². The Balaban J connectivity index is 2.23. The van der Waals surface area contributed by atoms with E-state index in [1.807, 2.05) is 12.1 Å². The molecule has 0 aliphatic carbocycles. The fourth-order valence-electron chi connectivity index (χ4n) is 2.51. The summed E-state index contributed by atoms with van der Waals surface area (Å²) < 4.78 is 5.40. The lowest BCUT2D eigenvalue weighted by molar-refractivity contribution is 0.308. The highest BCUT2D eigenvalue weighted by Gasteiger charge is 2.06. The molecule has 1 rings (SSSR count). The van der Waals surface area contributed by atoms with E-state index >= 15 is 0 Å². The van der Waals surface area contributed by atoms with Gasteiger partial charge in [0.2, 0.25) is 0 Å². The maximum atomic E-state index is 5.40. The van der Waals surface area contributed by atoms with Gasteiger partial charge in [-0.05, 0) is 26.5 Å². The average molecular weight is 292 g/mol. The summed E-state index contributed by atoms with van der Waals surface area (Å²) in [4.78, 5) is 2.34. The second kappa shape index (κ2) is 10.6. The highest BCUT2D eigenvalue weighted by atomic mass is 16.5. The van der Waals surface area contributed by atoms with Crippen LogP contribution in [-0.2, 0) is 6.54 Å². The van der Waals surface area contributed by atoms with Crippen molar-refractivity contribution in [1.82, 2.24) is 10.2 Å². The van der Waals surface area contributed by atoms with Crippen LogP contribution >= 0.6 is 0 Å². The van der Waals surface area contributed by atoms with Crippen LogP contribution in [0.25, 0.3) is 0 Å². The number of nitrogens with one attached hydrogen (secondary N) is 1. The fourth-order valence-corrected chi connectivity index (χ4v) is 2.51. The predicted octanol–water partition coefficient (Wildman–Crippen LogP) is 3.69. The quantitative estimate of drug-likeness (QED) is 0.630. The van der Waals surface area contributed by atoms with E-state index in [1.165, 1.54) is 31.2 Å². The number of likely N-dealkylation sites (N-methyl/N-ethyl adjacent to an activating group) is 1. The zero-order valence-corrected chi connectivity index (χ0v) is 14.2. The lowest BCUT2D eigenvalue weighted by atomic mass is 10.1. The van der Waals surface area contributed by atoms with Crippen molar-refractivity contribution >= 4 is 0 Å². The Morgan fingerprint density at radius 2 is 2.00 bits per heavy atom. The molecule has 1 atom stereocenters. The van der Waals surface area contributed by atoms with Gasteiger partial charge < -0.3 is 15.0 Å². The van der Waals surface area contributed by atoms with Crippen molar-refractivity contribution in [1.29, 1.82) is 0 Å². The fraction of sp³-hybridized carbons (Fsp3) is 0.667. The first-order chi connectivity index (χ1) is 10.2. The molecule has 1 aromatic rings. The van der Waals surface area contributed by atoms with Crippen molar-refractivity contribution < 1.29 is 4.74 Å². The minimum atomic E-state index is 0.621. The first-order valence-electron chi connectivity index (χ1n) is 8.21. The minimum absolute atomic E-state index is 0.621. The Hall–Kier alpha value is -1.06. The van der Waals surface area contributed by atoms with Crippen molar-refractivity contribution in [2.75, 3.05) is 27.2 Å². The van der Waals surface area contributed by atoms with E-state index in [0.29, 0.717) is 6.04 Å². The molecular formula is C18H32N2O. The van der Waals surface area contributed by atoms with Crippen LogP contribution in [0.4, 0.5) is 0 Å². The van der Waals surface area contributed by atoms with Crippen LogP contribution in [0.15, 0.2) is 24.3 Å². The van der Waals surface area contributed by atoms with E-state index in [9.17, 15) is 0 Å². The molecule has 0 radical (unpaired) electrons. The van der Waals surface area contributed by atoms with Gasteiger partial charge in [0, 0.05) is 31.2 Å². The van der Waals surface area contributed by atoms with Gasteiger partial charge in [-0.1, -0.05) is 44.4 Å². The zero-order chi connectivity index (χ0) is 15.5. The maximum absolute atomic E-state index is 5.40. The summed E-state index contributed by atoms with van der Waals surface area (Å²) in [7, 11) is 3.90. The third-order valence-corrected chi connectivity index (χ3v) is 3.86. The molecule has 0 aliphatic heterocycles. The third-order valence-electron chi connectivity index (χ3n) is 3.86. The van der Waals surface area contributed by atoms with Crippen LogP contribution in [0.5, 0.6) is 5.75 Å². The summed E-state index contributed by atoms with van der Waals surface area (Å²) in [5.41, 5.74) is 1.25. The Morgan fingerprint density at radius 1 is 1.24 bits per heavy atom. The van der Waals surface area contributed by atoms with E-state index in [0.717, 1.165) is 25.4 Å². The second-order valence-corrected chi connectivity index (χ2v) is 5.90. The van der Waals surface area contributed by atoms with E-state index in [-0.39, 0.29) is 0 Å². The number of benzene rings is 1. The molecule has 0 saturated heterocycles. The highest BCUT2D eigenvalue weighted by molar-refractivity contribution is 5.32. The number of nitrogens with zero attached hydrogens (tertiary/aromatic N) is 1. The molecule has 21 heavy (non-hydrogen) atoms. The van der Waals surface area contributed by atoms with Gasteiger partial charge >= 0.3 is 0 Å². The summed E-state index contributed by atoms with van der Waals surface area (Å²) >= 11 is 0. The van der Waals surface area contributed by atoms with Gasteiger partial charge in [0.05, 0.1) is 7.11 Å². The van der Waals surface area contributed by atoms with Gasteiger partial charge in [-0.25, -0.2) is 0 Å². The van der Waals surface area contributed by atoms with Crippen LogP contribution < -0.4 is 10.1 Å². The summed E-state index contributed by atoms with van der Waals surface area (Å²) in [6, 6.07) is 8.87. The third kappa shape index (κ3) is 7.49. The molecule has 0 amide bonds. The van der Waals surface area contributed by atoms with Crippen LogP contribution in [0, 0.1) is 0 Å². The van der Waals surface area contributed by atoms with Gasteiger partial charge in [0.25, 0.3) is 0 Å². The standard InChI is InChI=1S/C18H32N2O/c1-5-6-7-10-16(2)19-13-14-20(3)15-17-11-8-9-12-18(17)21-4/h8-9,11-12,16,19H,5-7,10,13-15H2,1-4H3. The van der Waals surface area contributed by atoms with E-state index < -0.39 is 0 Å². The number of para-hydroxylation sites is 1. The van der Waals surface area contributed by atoms with Crippen molar-refractivity contribution in [3.63, 3.8) is 0 Å². The average Bonchev–Trinajstić information content (AvgIpc) is 2.48. The van der Waals surface area contributed by atoms with Gasteiger partial charge in [-0.3, -0.25) is 0 Å². The van der Waals surface area contributed by atoms with Crippen LogP contribution in [0.1, 0.15) is 45.1 Å². The molecule has 1 N–H and O–H groups in total. The van der Waals surface area contributed by atoms with Gasteiger partial charge in [0.1, 0.15) is 5.75 Å². The van der Waals surface area contributed by atoms with Crippen LogP contribution in [-0.4, -0.2) is 38.2 Å². The molecule has 0 spiro atoms.